The Bertz CT molecular complexity index is 1130. The first kappa shape index (κ1) is 19.4. The fourth-order valence-electron chi connectivity index (χ4n) is 2.57. The lowest BCUT2D eigenvalue weighted by Gasteiger charge is -2.06. The molecule has 150 valence electrons. The third kappa shape index (κ3) is 4.92. The van der Waals surface area contributed by atoms with Crippen LogP contribution in [-0.2, 0) is 11.2 Å². The summed E-state index contributed by atoms with van der Waals surface area (Å²) in [7, 11) is 0. The first-order valence-corrected chi connectivity index (χ1v) is 9.89. The minimum atomic E-state index is -0.261. The molecule has 1 aromatic carbocycles. The van der Waals surface area contributed by atoms with Gasteiger partial charge in [0.2, 0.25) is 17.6 Å². The molecule has 30 heavy (non-hydrogen) atoms. The zero-order valence-electron chi connectivity index (χ0n) is 15.6. The van der Waals surface area contributed by atoms with Crippen LogP contribution in [0.2, 0.25) is 0 Å². The summed E-state index contributed by atoms with van der Waals surface area (Å²) in [5.74, 6) is 0.350. The van der Waals surface area contributed by atoms with Gasteiger partial charge in [-0.1, -0.05) is 5.16 Å². The predicted molar refractivity (Wildman–Crippen MR) is 111 cm³/mol. The summed E-state index contributed by atoms with van der Waals surface area (Å²) in [6, 6.07) is 10.2. The van der Waals surface area contributed by atoms with Crippen LogP contribution in [0.4, 0.5) is 10.8 Å². The zero-order chi connectivity index (χ0) is 20.8. The molecule has 0 aliphatic rings. The van der Waals surface area contributed by atoms with Crippen molar-refractivity contribution in [2.75, 3.05) is 10.6 Å². The SMILES string of the molecule is O=C(CCc1nc(-c2cccnc2)no1)Nc1ccc(C(=O)Nc2nccs2)cc1. The first-order chi connectivity index (χ1) is 14.7. The summed E-state index contributed by atoms with van der Waals surface area (Å²) in [6.07, 6.45) is 5.41. The van der Waals surface area contributed by atoms with Gasteiger partial charge in [-0.25, -0.2) is 4.98 Å². The van der Waals surface area contributed by atoms with E-state index in [-0.39, 0.29) is 18.2 Å². The lowest BCUT2D eigenvalue weighted by Crippen LogP contribution is -2.14. The summed E-state index contributed by atoms with van der Waals surface area (Å²) >= 11 is 1.34. The highest BCUT2D eigenvalue weighted by Crippen LogP contribution is 2.16. The number of carbonyl (C=O) groups excluding carboxylic acids is 2. The van der Waals surface area contributed by atoms with E-state index in [4.69, 9.17) is 4.52 Å². The Kier molecular flexibility index (Phi) is 5.85. The molecule has 0 fully saturated rings. The van der Waals surface area contributed by atoms with E-state index in [1.807, 2.05) is 6.07 Å². The van der Waals surface area contributed by atoms with Crippen LogP contribution in [0.15, 0.2) is 64.9 Å². The minimum absolute atomic E-state index is 0.182. The number of thiazole rings is 1. The highest BCUT2D eigenvalue weighted by Gasteiger charge is 2.12. The Labute approximate surface area is 175 Å². The average molecular weight is 420 g/mol. The van der Waals surface area contributed by atoms with Crippen LogP contribution in [0, 0.1) is 0 Å². The van der Waals surface area contributed by atoms with Crippen molar-refractivity contribution in [2.45, 2.75) is 12.8 Å². The van der Waals surface area contributed by atoms with Gasteiger partial charge >= 0.3 is 0 Å². The number of aryl methyl sites for hydroxylation is 1. The number of rotatable bonds is 7. The maximum Gasteiger partial charge on any atom is 0.257 e. The Morgan fingerprint density at radius 3 is 2.67 bits per heavy atom. The molecule has 2 N–H and O–H groups in total. The molecule has 0 atom stereocenters. The molecule has 0 bridgehead atoms. The number of anilines is 2. The minimum Gasteiger partial charge on any atom is -0.339 e. The van der Waals surface area contributed by atoms with E-state index >= 15 is 0 Å². The van der Waals surface area contributed by atoms with E-state index in [0.717, 1.165) is 5.56 Å². The van der Waals surface area contributed by atoms with Crippen LogP contribution in [0.1, 0.15) is 22.7 Å². The third-order valence-corrected chi connectivity index (χ3v) is 4.73. The van der Waals surface area contributed by atoms with Gasteiger partial charge in [0.15, 0.2) is 5.13 Å². The second kappa shape index (κ2) is 9.05. The number of amides is 2. The molecule has 10 heteroatoms. The van der Waals surface area contributed by atoms with Crippen LogP contribution < -0.4 is 10.6 Å². The second-order valence-corrected chi connectivity index (χ2v) is 7.06. The van der Waals surface area contributed by atoms with Gasteiger partial charge in [0.05, 0.1) is 0 Å². The quantitative estimate of drug-likeness (QED) is 0.470. The molecular weight excluding hydrogens is 404 g/mol. The number of hydrogen-bond donors (Lipinski definition) is 2. The van der Waals surface area contributed by atoms with E-state index < -0.39 is 0 Å². The molecule has 9 nitrogen and oxygen atoms in total. The monoisotopic (exact) mass is 420 g/mol. The Hall–Kier alpha value is -3.92. The van der Waals surface area contributed by atoms with Crippen molar-refractivity contribution in [3.63, 3.8) is 0 Å². The van der Waals surface area contributed by atoms with Crippen LogP contribution in [0.5, 0.6) is 0 Å². The summed E-state index contributed by atoms with van der Waals surface area (Å²) in [5, 5.41) is 11.7. The molecule has 2 amide bonds. The molecule has 4 aromatic rings. The van der Waals surface area contributed by atoms with Gasteiger partial charge in [-0.2, -0.15) is 4.98 Å². The average Bonchev–Trinajstić information content (AvgIpc) is 3.45. The molecule has 0 unspecified atom stereocenters. The molecule has 4 rings (SSSR count). The van der Waals surface area contributed by atoms with Gasteiger partial charge in [-0.15, -0.1) is 11.3 Å². The van der Waals surface area contributed by atoms with Gasteiger partial charge in [0.1, 0.15) is 0 Å². The fraction of sp³-hybridized carbons (Fsp3) is 0.100. The Balaban J connectivity index is 1.28. The van der Waals surface area contributed by atoms with Gasteiger partial charge in [0, 0.05) is 53.6 Å². The van der Waals surface area contributed by atoms with Gasteiger partial charge in [0.25, 0.3) is 5.91 Å². The van der Waals surface area contributed by atoms with E-state index in [2.05, 4.69) is 30.7 Å². The number of pyridine rings is 1. The summed E-state index contributed by atoms with van der Waals surface area (Å²) in [5.41, 5.74) is 1.81. The van der Waals surface area contributed by atoms with Gasteiger partial charge in [-0.05, 0) is 36.4 Å². The number of nitrogens with one attached hydrogen (secondary N) is 2. The van der Waals surface area contributed by atoms with Crippen molar-refractivity contribution in [2.24, 2.45) is 0 Å². The molecule has 0 aliphatic heterocycles. The Morgan fingerprint density at radius 1 is 1.07 bits per heavy atom. The van der Waals surface area contributed by atoms with E-state index in [0.29, 0.717) is 34.5 Å². The highest BCUT2D eigenvalue weighted by molar-refractivity contribution is 7.13. The summed E-state index contributed by atoms with van der Waals surface area (Å²) in [6.45, 7) is 0. The Morgan fingerprint density at radius 2 is 1.93 bits per heavy atom. The van der Waals surface area contributed by atoms with Crippen molar-refractivity contribution < 1.29 is 14.1 Å². The largest absolute Gasteiger partial charge is 0.339 e. The number of carbonyl (C=O) groups is 2. The van der Waals surface area contributed by atoms with Gasteiger partial charge < -0.3 is 9.84 Å². The van der Waals surface area contributed by atoms with E-state index in [1.54, 1.807) is 54.3 Å². The van der Waals surface area contributed by atoms with Crippen molar-refractivity contribution in [3.05, 3.63) is 71.8 Å². The first-order valence-electron chi connectivity index (χ1n) is 9.01. The van der Waals surface area contributed by atoms with Crippen LogP contribution >= 0.6 is 11.3 Å². The van der Waals surface area contributed by atoms with Crippen molar-refractivity contribution in [1.29, 1.82) is 0 Å². The van der Waals surface area contributed by atoms with Crippen LogP contribution in [0.3, 0.4) is 0 Å². The standard InChI is InChI=1S/C20H16N6O3S/c27-16(7-8-17-24-18(26-29-17)14-2-1-9-21-12-14)23-15-5-3-13(4-6-15)19(28)25-20-22-10-11-30-20/h1-6,9-12H,7-8H2,(H,23,27)(H,22,25,28). The van der Waals surface area contributed by atoms with Crippen molar-refractivity contribution in [1.82, 2.24) is 20.1 Å². The maximum atomic E-state index is 12.2. The van der Waals surface area contributed by atoms with Crippen LogP contribution in [-0.4, -0.2) is 31.9 Å². The maximum absolute atomic E-state index is 12.2. The topological polar surface area (TPSA) is 123 Å². The third-order valence-electron chi connectivity index (χ3n) is 4.04. The summed E-state index contributed by atoms with van der Waals surface area (Å²) < 4.78 is 5.19. The number of aromatic nitrogens is 4. The van der Waals surface area contributed by atoms with E-state index in [1.165, 1.54) is 11.3 Å². The molecule has 3 aromatic heterocycles. The fourth-order valence-corrected chi connectivity index (χ4v) is 3.10. The summed E-state index contributed by atoms with van der Waals surface area (Å²) in [4.78, 5) is 36.6. The number of nitrogens with zero attached hydrogens (tertiary/aromatic N) is 4. The molecule has 0 aliphatic carbocycles. The molecule has 0 saturated heterocycles. The number of hydrogen-bond acceptors (Lipinski definition) is 8. The molecule has 0 saturated carbocycles. The highest BCUT2D eigenvalue weighted by atomic mass is 32.1. The van der Waals surface area contributed by atoms with Crippen molar-refractivity contribution >= 4 is 34.0 Å². The second-order valence-electron chi connectivity index (χ2n) is 6.17. The number of benzene rings is 1. The molecular formula is C20H16N6O3S. The normalized spacial score (nSPS) is 10.5. The smallest absolute Gasteiger partial charge is 0.257 e. The lowest BCUT2D eigenvalue weighted by atomic mass is 10.2. The van der Waals surface area contributed by atoms with Crippen LogP contribution in [0.25, 0.3) is 11.4 Å². The zero-order valence-corrected chi connectivity index (χ0v) is 16.4. The molecule has 0 radical (unpaired) electrons. The molecule has 3 heterocycles. The van der Waals surface area contributed by atoms with Crippen molar-refractivity contribution in [3.8, 4) is 11.4 Å². The van der Waals surface area contributed by atoms with Gasteiger partial charge in [-0.3, -0.25) is 19.9 Å². The lowest BCUT2D eigenvalue weighted by molar-refractivity contribution is -0.116. The molecule has 0 spiro atoms. The van der Waals surface area contributed by atoms with E-state index in [9.17, 15) is 9.59 Å². The predicted octanol–water partition coefficient (Wildman–Crippen LogP) is 3.41.